The summed E-state index contributed by atoms with van der Waals surface area (Å²) in [6.07, 6.45) is 0. The van der Waals surface area contributed by atoms with Crippen LogP contribution in [0.3, 0.4) is 0 Å². The molecule has 1 aromatic carbocycles. The summed E-state index contributed by atoms with van der Waals surface area (Å²) in [6.45, 7) is 4.07. The van der Waals surface area contributed by atoms with Gasteiger partial charge in [-0.1, -0.05) is 12.1 Å². The zero-order chi connectivity index (χ0) is 11.1. The predicted octanol–water partition coefficient (Wildman–Crippen LogP) is 3.30. The number of thiazole rings is 1. The molecule has 2 aromatic heterocycles. The third kappa shape index (κ3) is 1.42. The zero-order valence-corrected chi connectivity index (χ0v) is 9.93. The molecule has 0 atom stereocenters. The minimum Gasteiger partial charge on any atom is -0.337 e. The zero-order valence-electron chi connectivity index (χ0n) is 9.11. The number of imidazole rings is 1. The highest BCUT2D eigenvalue weighted by Gasteiger charge is 2.08. The number of fused-ring (bicyclic) bond motifs is 1. The number of nitrogens with one attached hydrogen (secondary N) is 1. The van der Waals surface area contributed by atoms with Crippen molar-refractivity contribution in [1.82, 2.24) is 15.0 Å². The summed E-state index contributed by atoms with van der Waals surface area (Å²) in [7, 11) is 0. The van der Waals surface area contributed by atoms with Gasteiger partial charge in [0.25, 0.3) is 0 Å². The van der Waals surface area contributed by atoms with Gasteiger partial charge in [-0.15, -0.1) is 11.3 Å². The topological polar surface area (TPSA) is 41.6 Å². The van der Waals surface area contributed by atoms with E-state index in [1.54, 1.807) is 11.3 Å². The fraction of sp³-hybridized carbons (Fsp3) is 0.167. The van der Waals surface area contributed by atoms with Gasteiger partial charge in [-0.3, -0.25) is 0 Å². The molecule has 0 fully saturated rings. The van der Waals surface area contributed by atoms with Gasteiger partial charge in [0.15, 0.2) is 5.82 Å². The van der Waals surface area contributed by atoms with Crippen LogP contribution in [-0.2, 0) is 0 Å². The van der Waals surface area contributed by atoms with E-state index < -0.39 is 0 Å². The summed E-state index contributed by atoms with van der Waals surface area (Å²) >= 11 is 1.64. The number of para-hydroxylation sites is 1. The van der Waals surface area contributed by atoms with E-state index in [4.69, 9.17) is 0 Å². The molecule has 0 radical (unpaired) electrons. The largest absolute Gasteiger partial charge is 0.337 e. The Hall–Kier alpha value is -1.68. The van der Waals surface area contributed by atoms with E-state index in [0.29, 0.717) is 0 Å². The molecule has 0 unspecified atom stereocenters. The van der Waals surface area contributed by atoms with E-state index >= 15 is 0 Å². The van der Waals surface area contributed by atoms with Crippen molar-refractivity contribution in [2.75, 3.05) is 0 Å². The molecule has 16 heavy (non-hydrogen) atoms. The quantitative estimate of drug-likeness (QED) is 0.695. The normalized spacial score (nSPS) is 11.1. The molecular formula is C12H11N3S. The molecule has 4 heteroatoms. The first-order valence-corrected chi connectivity index (χ1v) is 6.00. The third-order valence-corrected chi connectivity index (χ3v) is 3.35. The molecule has 0 bridgehead atoms. The van der Waals surface area contributed by atoms with Gasteiger partial charge in [0.1, 0.15) is 5.69 Å². The summed E-state index contributed by atoms with van der Waals surface area (Å²) in [5.74, 6) is 0.855. The Morgan fingerprint density at radius 2 is 2.06 bits per heavy atom. The van der Waals surface area contributed by atoms with Gasteiger partial charge < -0.3 is 4.98 Å². The molecule has 1 N–H and O–H groups in total. The number of benzene rings is 1. The molecule has 3 rings (SSSR count). The lowest BCUT2D eigenvalue weighted by atomic mass is 10.2. The Balaban J connectivity index is 2.22. The second kappa shape index (κ2) is 3.42. The molecule has 3 nitrogen and oxygen atoms in total. The number of hydrogen-bond donors (Lipinski definition) is 1. The Kier molecular flexibility index (Phi) is 2.04. The van der Waals surface area contributed by atoms with E-state index in [0.717, 1.165) is 27.6 Å². The second-order valence-corrected chi connectivity index (χ2v) is 4.87. The molecule has 3 aromatic rings. The summed E-state index contributed by atoms with van der Waals surface area (Å²) in [4.78, 5) is 12.3. The van der Waals surface area contributed by atoms with Crippen molar-refractivity contribution in [3.05, 3.63) is 34.2 Å². The Morgan fingerprint density at radius 3 is 2.75 bits per heavy atom. The van der Waals surface area contributed by atoms with E-state index in [1.165, 1.54) is 5.56 Å². The van der Waals surface area contributed by atoms with Gasteiger partial charge in [-0.2, -0.15) is 0 Å². The van der Waals surface area contributed by atoms with Crippen LogP contribution in [0.25, 0.3) is 22.6 Å². The lowest BCUT2D eigenvalue weighted by molar-refractivity contribution is 1.23. The smallest absolute Gasteiger partial charge is 0.158 e. The molecule has 0 amide bonds. The highest BCUT2D eigenvalue weighted by atomic mass is 32.1. The summed E-state index contributed by atoms with van der Waals surface area (Å²) in [6, 6.07) is 6.14. The molecule has 2 heterocycles. The first-order chi connectivity index (χ1) is 7.74. The summed E-state index contributed by atoms with van der Waals surface area (Å²) < 4.78 is 0. The number of aromatic amines is 1. The average Bonchev–Trinajstić information content (AvgIpc) is 2.84. The van der Waals surface area contributed by atoms with Crippen LogP contribution in [0, 0.1) is 13.8 Å². The van der Waals surface area contributed by atoms with Gasteiger partial charge in [0, 0.05) is 5.38 Å². The molecule has 0 saturated heterocycles. The van der Waals surface area contributed by atoms with Gasteiger partial charge in [0.2, 0.25) is 0 Å². The molecule has 0 saturated carbocycles. The van der Waals surface area contributed by atoms with Crippen LogP contribution in [0.1, 0.15) is 10.6 Å². The molecule has 0 aliphatic rings. The van der Waals surface area contributed by atoms with Crippen LogP contribution in [0.2, 0.25) is 0 Å². The molecule has 0 aliphatic heterocycles. The average molecular weight is 229 g/mol. The molecule has 0 aliphatic carbocycles. The first-order valence-electron chi connectivity index (χ1n) is 5.12. The van der Waals surface area contributed by atoms with Crippen molar-refractivity contribution < 1.29 is 0 Å². The number of rotatable bonds is 1. The second-order valence-electron chi connectivity index (χ2n) is 3.81. The van der Waals surface area contributed by atoms with Crippen LogP contribution in [0.4, 0.5) is 0 Å². The van der Waals surface area contributed by atoms with Gasteiger partial charge in [0.05, 0.1) is 16.0 Å². The van der Waals surface area contributed by atoms with Crippen molar-refractivity contribution in [3.63, 3.8) is 0 Å². The van der Waals surface area contributed by atoms with Crippen LogP contribution < -0.4 is 0 Å². The van der Waals surface area contributed by atoms with Gasteiger partial charge in [-0.05, 0) is 25.5 Å². The highest BCUT2D eigenvalue weighted by Crippen LogP contribution is 2.23. The van der Waals surface area contributed by atoms with Crippen LogP contribution >= 0.6 is 11.3 Å². The third-order valence-electron chi connectivity index (χ3n) is 2.58. The lowest BCUT2D eigenvalue weighted by Gasteiger charge is -1.90. The van der Waals surface area contributed by atoms with Crippen molar-refractivity contribution in [2.24, 2.45) is 0 Å². The summed E-state index contributed by atoms with van der Waals surface area (Å²) in [5.41, 5.74) is 4.22. The minimum atomic E-state index is 0.855. The standard InChI is InChI=1S/C12H11N3S/c1-7-4-3-5-9-11(7)15-12(14-9)10-6-16-8(2)13-10/h3-6H,1-2H3,(H,14,15). The highest BCUT2D eigenvalue weighted by molar-refractivity contribution is 7.09. The summed E-state index contributed by atoms with van der Waals surface area (Å²) in [5, 5.41) is 3.09. The van der Waals surface area contributed by atoms with Crippen molar-refractivity contribution in [3.8, 4) is 11.5 Å². The van der Waals surface area contributed by atoms with Gasteiger partial charge >= 0.3 is 0 Å². The van der Waals surface area contributed by atoms with Crippen molar-refractivity contribution >= 4 is 22.4 Å². The van der Waals surface area contributed by atoms with Crippen LogP contribution in [0.15, 0.2) is 23.6 Å². The lowest BCUT2D eigenvalue weighted by Crippen LogP contribution is -1.80. The Morgan fingerprint density at radius 1 is 1.19 bits per heavy atom. The van der Waals surface area contributed by atoms with E-state index in [-0.39, 0.29) is 0 Å². The number of nitrogens with zero attached hydrogens (tertiary/aromatic N) is 2. The molecule has 0 spiro atoms. The molecular weight excluding hydrogens is 218 g/mol. The minimum absolute atomic E-state index is 0.855. The number of H-pyrrole nitrogens is 1. The van der Waals surface area contributed by atoms with E-state index in [2.05, 4.69) is 27.9 Å². The predicted molar refractivity (Wildman–Crippen MR) is 66.7 cm³/mol. The van der Waals surface area contributed by atoms with Crippen LogP contribution in [0.5, 0.6) is 0 Å². The van der Waals surface area contributed by atoms with Crippen molar-refractivity contribution in [1.29, 1.82) is 0 Å². The van der Waals surface area contributed by atoms with Gasteiger partial charge in [-0.25, -0.2) is 9.97 Å². The first kappa shape index (κ1) is 9.54. The van der Waals surface area contributed by atoms with Crippen LogP contribution in [-0.4, -0.2) is 15.0 Å². The Labute approximate surface area is 97.2 Å². The monoisotopic (exact) mass is 229 g/mol. The van der Waals surface area contributed by atoms with E-state index in [9.17, 15) is 0 Å². The number of aryl methyl sites for hydroxylation is 2. The fourth-order valence-corrected chi connectivity index (χ4v) is 2.37. The maximum absolute atomic E-state index is 4.58. The number of hydrogen-bond acceptors (Lipinski definition) is 3. The fourth-order valence-electron chi connectivity index (χ4n) is 1.77. The molecule has 80 valence electrons. The maximum Gasteiger partial charge on any atom is 0.158 e. The Bertz CT molecular complexity index is 651. The number of aromatic nitrogens is 3. The SMILES string of the molecule is Cc1nc(-c2nc3c(C)cccc3[nH]2)cs1. The maximum atomic E-state index is 4.58. The van der Waals surface area contributed by atoms with Crippen molar-refractivity contribution in [2.45, 2.75) is 13.8 Å². The van der Waals surface area contributed by atoms with E-state index in [1.807, 2.05) is 24.4 Å².